The van der Waals surface area contributed by atoms with E-state index in [1.165, 1.54) is 12.1 Å². The Kier molecular flexibility index (Phi) is 8.04. The molecule has 3 aromatic rings. The van der Waals surface area contributed by atoms with Crippen LogP contribution in [0.3, 0.4) is 0 Å². The van der Waals surface area contributed by atoms with Gasteiger partial charge in [-0.25, -0.2) is 14.4 Å². The van der Waals surface area contributed by atoms with Gasteiger partial charge in [0.05, 0.1) is 30.3 Å². The topological polar surface area (TPSA) is 90.8 Å². The molecule has 3 aliphatic rings. The van der Waals surface area contributed by atoms with E-state index in [0.29, 0.717) is 44.2 Å². The Morgan fingerprint density at radius 3 is 2.53 bits per heavy atom. The van der Waals surface area contributed by atoms with Crippen molar-refractivity contribution in [3.8, 4) is 22.9 Å². The maximum atomic E-state index is 15.0. The molecule has 1 aromatic carbocycles. The van der Waals surface area contributed by atoms with Crippen LogP contribution in [0.25, 0.3) is 11.1 Å². The number of carbonyl (C=O) groups excluding carboxylic acids is 1. The van der Waals surface area contributed by atoms with E-state index in [9.17, 15) is 23.1 Å². The molecule has 3 atom stereocenters. The number of fused-ring (bicyclic) bond motifs is 3. The number of aliphatic hydroxyl groups is 1. The molecule has 1 N–H and O–H groups in total. The summed E-state index contributed by atoms with van der Waals surface area (Å²) in [5, 5.41) is 9.91. The lowest BCUT2D eigenvalue weighted by Gasteiger charge is -2.40. The first kappa shape index (κ1) is 31.3. The monoisotopic (exact) mass is 628 g/mol. The van der Waals surface area contributed by atoms with E-state index in [0.717, 1.165) is 17.2 Å². The largest absolute Gasteiger partial charge is 0.477 e. The highest BCUT2D eigenvalue weighted by molar-refractivity contribution is 5.79. The Bertz CT molecular complexity index is 1610. The first-order valence-electron chi connectivity index (χ1n) is 15.2. The predicted molar refractivity (Wildman–Crippen MR) is 156 cm³/mol. The number of pyridine rings is 2. The molecule has 3 aliphatic carbocycles. The third-order valence-electron chi connectivity index (χ3n) is 8.96. The van der Waals surface area contributed by atoms with Gasteiger partial charge in [0.2, 0.25) is 11.8 Å². The molecule has 2 saturated carbocycles. The normalized spacial score (nSPS) is 24.9. The van der Waals surface area contributed by atoms with Crippen molar-refractivity contribution in [2.45, 2.75) is 71.3 Å². The van der Waals surface area contributed by atoms with E-state index in [2.05, 4.69) is 9.97 Å². The Morgan fingerprint density at radius 1 is 1.11 bits per heavy atom. The molecule has 6 rings (SSSR count). The van der Waals surface area contributed by atoms with Gasteiger partial charge < -0.3 is 19.3 Å². The summed E-state index contributed by atoms with van der Waals surface area (Å²) in [6, 6.07) is 6.36. The van der Waals surface area contributed by atoms with Crippen molar-refractivity contribution in [3.05, 3.63) is 70.3 Å². The van der Waals surface area contributed by atoms with Gasteiger partial charge >= 0.3 is 12.1 Å². The number of hydrogen-bond donors (Lipinski definition) is 1. The van der Waals surface area contributed by atoms with Gasteiger partial charge in [0.15, 0.2) is 0 Å². The summed E-state index contributed by atoms with van der Waals surface area (Å²) in [6.07, 6.45) is -1.26. The van der Waals surface area contributed by atoms with E-state index in [4.69, 9.17) is 14.2 Å². The van der Waals surface area contributed by atoms with Crippen LogP contribution >= 0.6 is 0 Å². The molecule has 2 fully saturated rings. The van der Waals surface area contributed by atoms with E-state index >= 15 is 4.39 Å². The maximum Gasteiger partial charge on any atom is 0.417 e. The van der Waals surface area contributed by atoms with Crippen molar-refractivity contribution in [2.75, 3.05) is 13.2 Å². The quantitative estimate of drug-likeness (QED) is 0.195. The maximum absolute atomic E-state index is 15.0. The van der Waals surface area contributed by atoms with Gasteiger partial charge in [-0.1, -0.05) is 13.8 Å². The lowest BCUT2D eigenvalue weighted by molar-refractivity contribution is -0.146. The van der Waals surface area contributed by atoms with E-state index in [1.807, 2.05) is 13.8 Å². The van der Waals surface area contributed by atoms with Gasteiger partial charge in [-0.3, -0.25) is 4.79 Å². The minimum Gasteiger partial charge on any atom is -0.477 e. The number of esters is 1. The second-order valence-corrected chi connectivity index (χ2v) is 13.3. The molecule has 0 spiro atoms. The van der Waals surface area contributed by atoms with Crippen molar-refractivity contribution < 1.29 is 41.7 Å². The molecule has 0 radical (unpaired) electrons. The minimum absolute atomic E-state index is 0.0622. The molecule has 0 aliphatic heterocycles. The first-order valence-corrected chi connectivity index (χ1v) is 15.2. The molecular formula is C34H36F4N2O5. The number of alkyl halides is 3. The van der Waals surface area contributed by atoms with Crippen LogP contribution < -0.4 is 9.47 Å². The highest BCUT2D eigenvalue weighted by Gasteiger charge is 2.60. The van der Waals surface area contributed by atoms with Gasteiger partial charge in [-0.05, 0) is 85.8 Å². The molecule has 0 amide bonds. The lowest BCUT2D eigenvalue weighted by atomic mass is 9.73. The fourth-order valence-electron chi connectivity index (χ4n) is 6.76. The smallest absolute Gasteiger partial charge is 0.417 e. The van der Waals surface area contributed by atoms with Crippen LogP contribution in [0, 0.1) is 36.4 Å². The zero-order valence-electron chi connectivity index (χ0n) is 25.6. The van der Waals surface area contributed by atoms with Crippen molar-refractivity contribution in [2.24, 2.45) is 23.7 Å². The molecular weight excluding hydrogens is 592 g/mol. The third kappa shape index (κ3) is 6.50. The van der Waals surface area contributed by atoms with Gasteiger partial charge in [0.25, 0.3) is 0 Å². The molecule has 0 unspecified atom stereocenters. The zero-order valence-corrected chi connectivity index (χ0v) is 25.6. The van der Waals surface area contributed by atoms with Crippen LogP contribution in [0.4, 0.5) is 17.6 Å². The SMILES string of the molecule is Cc1nc(OCC2CC(C)(O)C2)ccc1-c1cc(COc2cc3c(cn2)[C@H]2[C@@H](C3)[C@@H]2C(=O)OCC(C)C)c(F)cc1C(F)(F)F. The number of halogens is 4. The summed E-state index contributed by atoms with van der Waals surface area (Å²) < 4.78 is 74.0. The number of hydrogen-bond acceptors (Lipinski definition) is 7. The molecule has 0 saturated heterocycles. The van der Waals surface area contributed by atoms with Gasteiger partial charge in [-0.2, -0.15) is 13.2 Å². The summed E-state index contributed by atoms with van der Waals surface area (Å²) in [4.78, 5) is 21.1. The zero-order chi connectivity index (χ0) is 32.3. The van der Waals surface area contributed by atoms with Crippen LogP contribution in [-0.4, -0.2) is 39.9 Å². The number of rotatable bonds is 10. The predicted octanol–water partition coefficient (Wildman–Crippen LogP) is 6.81. The van der Waals surface area contributed by atoms with Crippen LogP contribution in [0.15, 0.2) is 36.5 Å². The molecule has 45 heavy (non-hydrogen) atoms. The molecule has 0 bridgehead atoms. The number of ether oxygens (including phenoxy) is 3. The Hall–Kier alpha value is -3.73. The molecule has 2 heterocycles. The van der Waals surface area contributed by atoms with Crippen molar-refractivity contribution in [1.82, 2.24) is 9.97 Å². The highest BCUT2D eigenvalue weighted by atomic mass is 19.4. The fraction of sp³-hybridized carbons (Fsp3) is 0.500. The second kappa shape index (κ2) is 11.6. The number of aromatic nitrogens is 2. The van der Waals surface area contributed by atoms with Crippen LogP contribution in [0.1, 0.15) is 67.5 Å². The van der Waals surface area contributed by atoms with Gasteiger partial charge in [0.1, 0.15) is 12.4 Å². The first-order chi connectivity index (χ1) is 21.2. The summed E-state index contributed by atoms with van der Waals surface area (Å²) >= 11 is 0. The summed E-state index contributed by atoms with van der Waals surface area (Å²) in [7, 11) is 0. The summed E-state index contributed by atoms with van der Waals surface area (Å²) in [5.74, 6) is -0.233. The standard InChI is InChI=1S/C34H36F4N2O5/c1-17(2)14-45-32(41)31-24-7-20-9-29(39-13-25(20)30(24)31)44-16-21-8-23(26(10-27(21)35)34(36,37)38)22-5-6-28(40-18(22)3)43-15-19-11-33(4,42)12-19/h5-6,8-10,13,17,19,24,30-31,42H,7,11-12,14-16H2,1-4H3/t19?,24-,30-,31+,33?/m1/s1. The summed E-state index contributed by atoms with van der Waals surface area (Å²) in [6.45, 7) is 7.69. The number of carbonyl (C=O) groups is 1. The molecule has 7 nitrogen and oxygen atoms in total. The molecule has 2 aromatic heterocycles. The second-order valence-electron chi connectivity index (χ2n) is 13.3. The van der Waals surface area contributed by atoms with Crippen molar-refractivity contribution in [1.29, 1.82) is 0 Å². The highest BCUT2D eigenvalue weighted by Crippen LogP contribution is 2.62. The van der Waals surface area contributed by atoms with E-state index < -0.39 is 23.2 Å². The Labute approximate surface area is 258 Å². The van der Waals surface area contributed by atoms with Crippen LogP contribution in [0.2, 0.25) is 0 Å². The van der Waals surface area contributed by atoms with Crippen molar-refractivity contribution >= 4 is 5.97 Å². The molecule has 240 valence electrons. The summed E-state index contributed by atoms with van der Waals surface area (Å²) in [5.41, 5.74) is 0.361. The third-order valence-corrected chi connectivity index (χ3v) is 8.96. The lowest BCUT2D eigenvalue weighted by Crippen LogP contribution is -2.43. The van der Waals surface area contributed by atoms with Gasteiger partial charge in [-0.15, -0.1) is 0 Å². The number of benzene rings is 1. The minimum atomic E-state index is -4.81. The average Bonchev–Trinajstić information content (AvgIpc) is 3.53. The number of nitrogens with zero attached hydrogens (tertiary/aromatic N) is 2. The molecule has 11 heteroatoms. The van der Waals surface area contributed by atoms with Crippen LogP contribution in [-0.2, 0) is 28.7 Å². The van der Waals surface area contributed by atoms with E-state index in [1.54, 1.807) is 26.1 Å². The Balaban J connectivity index is 1.16. The van der Waals surface area contributed by atoms with E-state index in [-0.39, 0.29) is 70.6 Å². The number of aryl methyl sites for hydroxylation is 1. The average molecular weight is 629 g/mol. The Morgan fingerprint density at radius 2 is 1.87 bits per heavy atom. The van der Waals surface area contributed by atoms with Crippen molar-refractivity contribution in [3.63, 3.8) is 0 Å². The van der Waals surface area contributed by atoms with Gasteiger partial charge in [0, 0.05) is 41.1 Å². The fourth-order valence-corrected chi connectivity index (χ4v) is 6.76. The van der Waals surface area contributed by atoms with Crippen LogP contribution in [0.5, 0.6) is 11.8 Å².